The normalized spacial score (nSPS) is 18.5. The molecule has 9 rings (SSSR count). The molecular formula is C48H57F2N11O4. The fraction of sp³-hybridized carbons (Fsp3) is 0.438. The number of nitrogen functional groups attached to an aromatic ring is 1. The summed E-state index contributed by atoms with van der Waals surface area (Å²) in [4.78, 5) is 53.2. The Bertz CT molecular complexity index is 2830. The first-order valence-corrected chi connectivity index (χ1v) is 22.2. The quantitative estimate of drug-likeness (QED) is 0.110. The number of amides is 2. The fourth-order valence-electron chi connectivity index (χ4n) is 9.88. The molecule has 5 N–H and O–H groups in total. The molecule has 4 aliphatic heterocycles. The molecule has 2 aromatic carbocycles. The maximum Gasteiger partial charge on any atom is 0.329 e. The lowest BCUT2D eigenvalue weighted by atomic mass is 9.92. The Balaban J connectivity index is 0.00000187. The number of aryl methyl sites for hydroxylation is 3. The Morgan fingerprint density at radius 2 is 1.74 bits per heavy atom. The standard InChI is InChI=1S/C46H53F2N11O3.C2H4O/c1-27(49)21-40-42(50)33(26-54(40)3)31-23-29-8-6-17-57(38(29)24-32(31)43(47)48)44-34-25-53(2)18-15-35(34)59(52-44)30-13-19-56(20-14-30)16-5-7-28-9-10-36-39(22-28)55(4)46(62)58(36)37-11-12-41(60)51-45(37)61;1-2-3/h9-10,21-24,26,30,37,43H,6,8,11-20,25,49-50H2,1-4H3,(H,51,60,61);2H,1H3/b27-21-;. The van der Waals surface area contributed by atoms with Gasteiger partial charge in [0.05, 0.1) is 35.0 Å². The average molecular weight is 890 g/mol. The molecule has 17 heteroatoms. The lowest BCUT2D eigenvalue weighted by Gasteiger charge is -2.33. The minimum atomic E-state index is -2.71. The third-order valence-corrected chi connectivity index (χ3v) is 13.1. The molecule has 65 heavy (non-hydrogen) atoms. The third-order valence-electron chi connectivity index (χ3n) is 13.1. The topological polar surface area (TPSA) is 175 Å². The van der Waals surface area contributed by atoms with Gasteiger partial charge in [0, 0.05) is 105 Å². The van der Waals surface area contributed by atoms with Gasteiger partial charge in [-0.05, 0) is 101 Å². The first kappa shape index (κ1) is 45.1. The summed E-state index contributed by atoms with van der Waals surface area (Å²) in [5.74, 6) is 6.69. The van der Waals surface area contributed by atoms with Crippen LogP contribution in [0.3, 0.4) is 0 Å². The van der Waals surface area contributed by atoms with Gasteiger partial charge in [0.1, 0.15) is 12.3 Å². The van der Waals surface area contributed by atoms with Crippen molar-refractivity contribution in [2.45, 2.75) is 83.8 Å². The minimum Gasteiger partial charge on any atom is -0.402 e. The second kappa shape index (κ2) is 18.5. The second-order valence-electron chi connectivity index (χ2n) is 17.6. The van der Waals surface area contributed by atoms with Crippen molar-refractivity contribution in [2.24, 2.45) is 19.8 Å². The second-order valence-corrected chi connectivity index (χ2v) is 17.6. The number of carbonyl (C=O) groups is 3. The number of halogens is 2. The molecule has 342 valence electrons. The molecule has 0 spiro atoms. The van der Waals surface area contributed by atoms with Gasteiger partial charge in [-0.2, -0.15) is 5.10 Å². The summed E-state index contributed by atoms with van der Waals surface area (Å²) in [7, 11) is 5.64. The Kier molecular flexibility index (Phi) is 12.9. The van der Waals surface area contributed by atoms with Crippen molar-refractivity contribution in [1.82, 2.24) is 38.6 Å². The van der Waals surface area contributed by atoms with E-state index in [1.165, 1.54) is 27.3 Å². The lowest BCUT2D eigenvalue weighted by Crippen LogP contribution is -2.44. The van der Waals surface area contributed by atoms with Crippen molar-refractivity contribution in [3.05, 3.63) is 86.4 Å². The minimum absolute atomic E-state index is 0.0520. The summed E-state index contributed by atoms with van der Waals surface area (Å²) in [6.07, 6.45) is 6.38. The molecule has 0 radical (unpaired) electrons. The number of anilines is 3. The number of hydrogen-bond acceptors (Lipinski definition) is 10. The van der Waals surface area contributed by atoms with Gasteiger partial charge in [-0.15, -0.1) is 0 Å². The largest absolute Gasteiger partial charge is 0.402 e. The van der Waals surface area contributed by atoms with Crippen LogP contribution in [0.4, 0.5) is 26.0 Å². The number of carbonyl (C=O) groups excluding carboxylic acids is 3. The number of hydrogen-bond donors (Lipinski definition) is 3. The van der Waals surface area contributed by atoms with E-state index in [2.05, 4.69) is 43.6 Å². The molecule has 5 aromatic rings. The lowest BCUT2D eigenvalue weighted by molar-refractivity contribution is -0.135. The Morgan fingerprint density at radius 3 is 2.45 bits per heavy atom. The molecule has 3 aromatic heterocycles. The number of fused-ring (bicyclic) bond motifs is 3. The highest BCUT2D eigenvalue weighted by atomic mass is 19.3. The van der Waals surface area contributed by atoms with E-state index in [4.69, 9.17) is 21.4 Å². The molecule has 2 fully saturated rings. The highest BCUT2D eigenvalue weighted by Crippen LogP contribution is 2.45. The van der Waals surface area contributed by atoms with Crippen molar-refractivity contribution >= 4 is 52.4 Å². The van der Waals surface area contributed by atoms with Crippen LogP contribution in [0.15, 0.2) is 47.0 Å². The Hall–Kier alpha value is -6.51. The molecule has 15 nitrogen and oxygen atoms in total. The summed E-state index contributed by atoms with van der Waals surface area (Å²) in [5, 5.41) is 7.72. The van der Waals surface area contributed by atoms with Crippen LogP contribution in [0.5, 0.6) is 0 Å². The number of aromatic nitrogens is 5. The average Bonchev–Trinajstić information content (AvgIpc) is 3.87. The number of likely N-dealkylation sites (N-methyl/N-ethyl adjacent to an activating group) is 1. The van der Waals surface area contributed by atoms with Gasteiger partial charge >= 0.3 is 5.69 Å². The van der Waals surface area contributed by atoms with Crippen molar-refractivity contribution in [3.63, 3.8) is 0 Å². The maximum atomic E-state index is 15.0. The maximum absolute atomic E-state index is 15.0. The molecule has 0 saturated carbocycles. The predicted octanol–water partition coefficient (Wildman–Crippen LogP) is 5.33. The molecule has 4 aliphatic rings. The molecule has 0 aliphatic carbocycles. The smallest absolute Gasteiger partial charge is 0.329 e. The Labute approximate surface area is 376 Å². The molecule has 1 unspecified atom stereocenters. The first-order valence-electron chi connectivity index (χ1n) is 22.2. The van der Waals surface area contributed by atoms with E-state index >= 15 is 8.78 Å². The summed E-state index contributed by atoms with van der Waals surface area (Å²) in [6.45, 7) is 7.85. The van der Waals surface area contributed by atoms with Crippen molar-refractivity contribution < 1.29 is 23.2 Å². The van der Waals surface area contributed by atoms with Gasteiger partial charge in [0.2, 0.25) is 11.8 Å². The van der Waals surface area contributed by atoms with Crippen LogP contribution in [-0.4, -0.2) is 91.2 Å². The predicted molar refractivity (Wildman–Crippen MR) is 248 cm³/mol. The van der Waals surface area contributed by atoms with E-state index in [1.54, 1.807) is 26.1 Å². The van der Waals surface area contributed by atoms with Crippen LogP contribution < -0.4 is 27.4 Å². The zero-order valence-corrected chi connectivity index (χ0v) is 37.7. The van der Waals surface area contributed by atoms with Gasteiger partial charge in [-0.25, -0.2) is 13.6 Å². The van der Waals surface area contributed by atoms with Gasteiger partial charge in [-0.3, -0.25) is 33.6 Å². The number of nitrogens with one attached hydrogen (secondary N) is 1. The summed E-state index contributed by atoms with van der Waals surface area (Å²) in [5.41, 5.74) is 21.2. The third kappa shape index (κ3) is 8.72. The van der Waals surface area contributed by atoms with Crippen LogP contribution in [0.2, 0.25) is 0 Å². The van der Waals surface area contributed by atoms with Crippen LogP contribution in [0, 0.1) is 11.8 Å². The van der Waals surface area contributed by atoms with Gasteiger partial charge in [0.25, 0.3) is 6.43 Å². The SMILES string of the molecule is C/C(N)=C/c1c(N)c(-c2cc3c(cc2C(F)F)N(c2nn(C4CCN(CC#Cc5ccc6c(c5)n(C)c(=O)n6C5CCC(=O)NC5=O)CC4)c4c2CN(C)CC4)CCC3)cn1C.CC=O. The van der Waals surface area contributed by atoms with E-state index in [1.807, 2.05) is 42.1 Å². The number of allylic oxidation sites excluding steroid dienone is 1. The number of alkyl halides is 2. The van der Waals surface area contributed by atoms with Crippen LogP contribution in [0.25, 0.3) is 28.2 Å². The molecule has 2 saturated heterocycles. The summed E-state index contributed by atoms with van der Waals surface area (Å²) in [6, 6.07) is 8.60. The number of piperidine rings is 2. The molecule has 1 atom stereocenters. The first-order chi connectivity index (χ1) is 31.2. The fourth-order valence-corrected chi connectivity index (χ4v) is 9.88. The summed E-state index contributed by atoms with van der Waals surface area (Å²) >= 11 is 0. The van der Waals surface area contributed by atoms with E-state index in [-0.39, 0.29) is 36.0 Å². The Morgan fingerprint density at radius 1 is 0.985 bits per heavy atom. The molecule has 7 heterocycles. The zero-order chi connectivity index (χ0) is 46.3. The molecule has 2 amide bonds. The van der Waals surface area contributed by atoms with Crippen LogP contribution >= 0.6 is 0 Å². The van der Waals surface area contributed by atoms with Crippen molar-refractivity contribution in [2.75, 3.05) is 50.4 Å². The van der Waals surface area contributed by atoms with Gasteiger partial charge in [-0.1, -0.05) is 11.8 Å². The number of rotatable bonds is 7. The van der Waals surface area contributed by atoms with Crippen LogP contribution in [0.1, 0.15) is 98.1 Å². The highest BCUT2D eigenvalue weighted by molar-refractivity contribution is 6.00. The van der Waals surface area contributed by atoms with Crippen molar-refractivity contribution in [3.8, 4) is 23.0 Å². The number of nitrogens with two attached hydrogens (primary N) is 2. The number of nitrogens with zero attached hydrogens (tertiary/aromatic N) is 8. The number of benzene rings is 2. The number of likely N-dealkylation sites (tertiary alicyclic amines) is 1. The van der Waals surface area contributed by atoms with E-state index in [9.17, 15) is 14.4 Å². The van der Waals surface area contributed by atoms with Gasteiger partial charge in [0.15, 0.2) is 5.82 Å². The highest BCUT2D eigenvalue weighted by Gasteiger charge is 2.35. The zero-order valence-electron chi connectivity index (χ0n) is 37.7. The van der Waals surface area contributed by atoms with E-state index < -0.39 is 18.4 Å². The number of imidazole rings is 1. The molecule has 0 bridgehead atoms. The summed E-state index contributed by atoms with van der Waals surface area (Å²) < 4.78 is 37.1. The molecular weight excluding hydrogens is 833 g/mol. The number of aldehydes is 1. The van der Waals surface area contributed by atoms with Gasteiger partial charge < -0.3 is 30.6 Å². The monoisotopic (exact) mass is 889 g/mol. The van der Waals surface area contributed by atoms with E-state index in [0.29, 0.717) is 52.3 Å². The van der Waals surface area contributed by atoms with E-state index in [0.717, 1.165) is 87.2 Å². The van der Waals surface area contributed by atoms with Crippen molar-refractivity contribution in [1.29, 1.82) is 0 Å². The van der Waals surface area contributed by atoms with Crippen LogP contribution in [-0.2, 0) is 47.9 Å². The number of imide groups is 1.